The van der Waals surface area contributed by atoms with E-state index in [1.807, 2.05) is 13.8 Å². The highest BCUT2D eigenvalue weighted by Crippen LogP contribution is 2.14. The van der Waals surface area contributed by atoms with Gasteiger partial charge in [-0.15, -0.1) is 0 Å². The fraction of sp³-hybridized carbons (Fsp3) is 0.846. The van der Waals surface area contributed by atoms with Crippen molar-refractivity contribution in [3.63, 3.8) is 0 Å². The Kier molecular flexibility index (Phi) is 6.12. The summed E-state index contributed by atoms with van der Waals surface area (Å²) in [6, 6.07) is -0.760. The molecule has 1 rings (SSSR count). The topological polar surface area (TPSA) is 78.4 Å². The van der Waals surface area contributed by atoms with Gasteiger partial charge in [0.15, 0.2) is 0 Å². The van der Waals surface area contributed by atoms with Crippen molar-refractivity contribution in [3.8, 4) is 0 Å². The molecule has 3 N–H and O–H groups in total. The van der Waals surface area contributed by atoms with E-state index in [1.54, 1.807) is 0 Å². The fourth-order valence-corrected chi connectivity index (χ4v) is 2.22. The molecule has 0 radical (unpaired) electrons. The third kappa shape index (κ3) is 4.64. The number of carboxylic acid groups (broad SMARTS) is 1. The molecule has 0 aromatic rings. The van der Waals surface area contributed by atoms with Crippen LogP contribution in [0.4, 0.5) is 0 Å². The Morgan fingerprint density at radius 3 is 2.72 bits per heavy atom. The first-order valence-electron chi connectivity index (χ1n) is 6.77. The van der Waals surface area contributed by atoms with Crippen LogP contribution in [0.3, 0.4) is 0 Å². The monoisotopic (exact) mass is 256 g/mol. The lowest BCUT2D eigenvalue weighted by Gasteiger charge is -2.20. The minimum Gasteiger partial charge on any atom is -0.480 e. The number of nitrogens with one attached hydrogen (secondary N) is 2. The van der Waals surface area contributed by atoms with Gasteiger partial charge in [0.25, 0.3) is 0 Å². The van der Waals surface area contributed by atoms with Crippen LogP contribution in [0.2, 0.25) is 0 Å². The van der Waals surface area contributed by atoms with Crippen LogP contribution in [-0.4, -0.2) is 36.1 Å². The average Bonchev–Trinajstić information content (AvgIpc) is 2.85. The molecule has 0 spiro atoms. The summed E-state index contributed by atoms with van der Waals surface area (Å²) in [5.41, 5.74) is 0. The van der Waals surface area contributed by atoms with Crippen LogP contribution in [-0.2, 0) is 9.59 Å². The van der Waals surface area contributed by atoms with Gasteiger partial charge in [-0.1, -0.05) is 20.3 Å². The molecule has 1 amide bonds. The largest absolute Gasteiger partial charge is 0.480 e. The van der Waals surface area contributed by atoms with Crippen molar-refractivity contribution in [2.75, 3.05) is 13.1 Å². The van der Waals surface area contributed by atoms with Crippen molar-refractivity contribution < 1.29 is 14.7 Å². The van der Waals surface area contributed by atoms with E-state index in [2.05, 4.69) is 10.6 Å². The Labute approximate surface area is 108 Å². The summed E-state index contributed by atoms with van der Waals surface area (Å²) in [4.78, 5) is 22.8. The molecule has 18 heavy (non-hydrogen) atoms. The second-order valence-electron chi connectivity index (χ2n) is 5.17. The molecule has 0 aromatic heterocycles. The van der Waals surface area contributed by atoms with E-state index in [-0.39, 0.29) is 11.8 Å². The summed E-state index contributed by atoms with van der Waals surface area (Å²) in [6.07, 6.45) is 3.11. The number of carbonyl (C=O) groups excluding carboxylic acids is 1. The number of amides is 1. The molecule has 0 aromatic carbocycles. The van der Waals surface area contributed by atoms with Crippen molar-refractivity contribution >= 4 is 11.9 Å². The SMILES string of the molecule is CCC(C)[C@H](NC(=O)CCC1CCNC1)C(=O)O. The van der Waals surface area contributed by atoms with Crippen LogP contribution < -0.4 is 10.6 Å². The molecule has 3 atom stereocenters. The molecule has 0 saturated carbocycles. The molecule has 1 aliphatic heterocycles. The highest BCUT2D eigenvalue weighted by molar-refractivity contribution is 5.83. The lowest BCUT2D eigenvalue weighted by atomic mass is 9.98. The van der Waals surface area contributed by atoms with Gasteiger partial charge in [0.05, 0.1) is 0 Å². The van der Waals surface area contributed by atoms with E-state index in [0.29, 0.717) is 12.3 Å². The molecule has 1 fully saturated rings. The number of carbonyl (C=O) groups is 2. The smallest absolute Gasteiger partial charge is 0.326 e. The predicted octanol–water partition coefficient (Wildman–Crippen LogP) is 0.992. The van der Waals surface area contributed by atoms with Crippen molar-refractivity contribution in [1.82, 2.24) is 10.6 Å². The van der Waals surface area contributed by atoms with E-state index in [1.165, 1.54) is 0 Å². The Balaban J connectivity index is 2.33. The summed E-state index contributed by atoms with van der Waals surface area (Å²) in [7, 11) is 0. The van der Waals surface area contributed by atoms with Gasteiger partial charge in [0.2, 0.25) is 5.91 Å². The molecule has 0 aliphatic carbocycles. The zero-order valence-electron chi connectivity index (χ0n) is 11.2. The van der Waals surface area contributed by atoms with Gasteiger partial charge in [-0.25, -0.2) is 4.79 Å². The highest BCUT2D eigenvalue weighted by Gasteiger charge is 2.25. The number of hydrogen-bond acceptors (Lipinski definition) is 3. The van der Waals surface area contributed by atoms with Gasteiger partial charge in [0, 0.05) is 6.42 Å². The third-order valence-corrected chi connectivity index (χ3v) is 3.74. The number of rotatable bonds is 7. The summed E-state index contributed by atoms with van der Waals surface area (Å²) in [5, 5.41) is 15.0. The lowest BCUT2D eigenvalue weighted by molar-refractivity contribution is -0.143. The Hall–Kier alpha value is -1.10. The van der Waals surface area contributed by atoms with E-state index in [0.717, 1.165) is 32.4 Å². The van der Waals surface area contributed by atoms with E-state index in [4.69, 9.17) is 5.11 Å². The molecule has 5 nitrogen and oxygen atoms in total. The molecule has 104 valence electrons. The fourth-order valence-electron chi connectivity index (χ4n) is 2.22. The first kappa shape index (κ1) is 15.0. The molecule has 5 heteroatoms. The molecule has 0 bridgehead atoms. The molecule has 1 heterocycles. The van der Waals surface area contributed by atoms with Crippen LogP contribution in [0.25, 0.3) is 0 Å². The summed E-state index contributed by atoms with van der Waals surface area (Å²) in [6.45, 7) is 5.77. The zero-order chi connectivity index (χ0) is 13.5. The van der Waals surface area contributed by atoms with Crippen molar-refractivity contribution in [2.24, 2.45) is 11.8 Å². The van der Waals surface area contributed by atoms with Crippen LogP contribution in [0.1, 0.15) is 39.5 Å². The van der Waals surface area contributed by atoms with Crippen LogP contribution in [0, 0.1) is 11.8 Å². The number of aliphatic carboxylic acids is 1. The van der Waals surface area contributed by atoms with Gasteiger partial charge < -0.3 is 15.7 Å². The zero-order valence-corrected chi connectivity index (χ0v) is 11.2. The predicted molar refractivity (Wildman–Crippen MR) is 69.2 cm³/mol. The molecule has 2 unspecified atom stereocenters. The van der Waals surface area contributed by atoms with Gasteiger partial charge in [0.1, 0.15) is 6.04 Å². The van der Waals surface area contributed by atoms with Gasteiger partial charge in [-0.05, 0) is 37.8 Å². The minimum atomic E-state index is -0.944. The van der Waals surface area contributed by atoms with Crippen molar-refractivity contribution in [3.05, 3.63) is 0 Å². The maximum absolute atomic E-state index is 11.7. The second kappa shape index (κ2) is 7.36. The maximum Gasteiger partial charge on any atom is 0.326 e. The van der Waals surface area contributed by atoms with Gasteiger partial charge >= 0.3 is 5.97 Å². The molecule has 1 aliphatic rings. The van der Waals surface area contributed by atoms with E-state index >= 15 is 0 Å². The van der Waals surface area contributed by atoms with E-state index < -0.39 is 12.0 Å². The molecule has 1 saturated heterocycles. The van der Waals surface area contributed by atoms with Crippen LogP contribution in [0.5, 0.6) is 0 Å². The summed E-state index contributed by atoms with van der Waals surface area (Å²) >= 11 is 0. The standard InChI is InChI=1S/C13H24N2O3/c1-3-9(2)12(13(17)18)15-11(16)5-4-10-6-7-14-8-10/h9-10,12,14H,3-8H2,1-2H3,(H,15,16)(H,17,18)/t9?,10?,12-/m0/s1. The number of hydrogen-bond donors (Lipinski definition) is 3. The lowest BCUT2D eigenvalue weighted by Crippen LogP contribution is -2.45. The first-order chi connectivity index (χ1) is 8.54. The summed E-state index contributed by atoms with van der Waals surface area (Å²) in [5.74, 6) is -0.572. The maximum atomic E-state index is 11.7. The molecular weight excluding hydrogens is 232 g/mol. The average molecular weight is 256 g/mol. The first-order valence-corrected chi connectivity index (χ1v) is 6.77. The minimum absolute atomic E-state index is 0.0420. The van der Waals surface area contributed by atoms with Crippen LogP contribution >= 0.6 is 0 Å². The quantitative estimate of drug-likeness (QED) is 0.635. The van der Waals surface area contributed by atoms with Gasteiger partial charge in [-0.3, -0.25) is 4.79 Å². The van der Waals surface area contributed by atoms with Crippen molar-refractivity contribution in [1.29, 1.82) is 0 Å². The van der Waals surface area contributed by atoms with E-state index in [9.17, 15) is 9.59 Å². The Morgan fingerprint density at radius 2 is 2.22 bits per heavy atom. The van der Waals surface area contributed by atoms with Crippen molar-refractivity contribution in [2.45, 2.75) is 45.6 Å². The van der Waals surface area contributed by atoms with Crippen LogP contribution in [0.15, 0.2) is 0 Å². The molecular formula is C13H24N2O3. The summed E-state index contributed by atoms with van der Waals surface area (Å²) < 4.78 is 0. The Morgan fingerprint density at radius 1 is 1.50 bits per heavy atom. The number of carboxylic acids is 1. The Bertz CT molecular complexity index is 288. The second-order valence-corrected chi connectivity index (χ2v) is 5.17. The normalized spacial score (nSPS) is 22.4. The third-order valence-electron chi connectivity index (χ3n) is 3.74. The van der Waals surface area contributed by atoms with Gasteiger partial charge in [-0.2, -0.15) is 0 Å². The highest BCUT2D eigenvalue weighted by atomic mass is 16.4.